The van der Waals surface area contributed by atoms with Crippen molar-refractivity contribution in [1.82, 2.24) is 5.43 Å². The molecule has 0 amide bonds. The van der Waals surface area contributed by atoms with Crippen molar-refractivity contribution >= 4 is 29.5 Å². The molecule has 6 heteroatoms. The molecule has 5 nitrogen and oxygen atoms in total. The number of nitrogens with two attached hydrogens (primary N) is 1. The zero-order chi connectivity index (χ0) is 11.3. The van der Waals surface area contributed by atoms with Crippen molar-refractivity contribution in [3.8, 4) is 0 Å². The molecule has 0 fully saturated rings. The quantitative estimate of drug-likeness (QED) is 0.397. The van der Waals surface area contributed by atoms with Crippen LogP contribution in [0, 0.1) is 0 Å². The third-order valence-electron chi connectivity index (χ3n) is 1.53. The third-order valence-corrected chi connectivity index (χ3v) is 1.63. The first-order valence-corrected chi connectivity index (χ1v) is 4.40. The van der Waals surface area contributed by atoms with Gasteiger partial charge in [-0.05, 0) is 23.3 Å². The molecule has 0 atom stereocenters. The van der Waals surface area contributed by atoms with Crippen LogP contribution in [-0.4, -0.2) is 17.3 Å². The molecule has 1 rings (SSSR count). The second kappa shape index (κ2) is 5.06. The molecule has 1 aromatic carbocycles. The minimum atomic E-state index is -1.21. The van der Waals surface area contributed by atoms with Crippen LogP contribution in [-0.2, 0) is 0 Å². The van der Waals surface area contributed by atoms with Gasteiger partial charge in [0, 0.05) is 0 Å². The molecule has 1 aromatic rings. The van der Waals surface area contributed by atoms with E-state index in [9.17, 15) is 9.90 Å². The standard InChI is InChI=1S/C9H9N3O2S/c10-9(15)12-11-5-6-1-3-7(4-2-6)8(13)14/h1-5H,(H,13,14)(H3,10,12,15)/p-1/b11-5+. The van der Waals surface area contributed by atoms with Crippen LogP contribution in [0.3, 0.4) is 0 Å². The fourth-order valence-corrected chi connectivity index (χ4v) is 0.928. The number of hydrogen-bond donors (Lipinski definition) is 2. The molecule has 0 aromatic heterocycles. The maximum absolute atomic E-state index is 10.4. The lowest BCUT2D eigenvalue weighted by atomic mass is 10.1. The summed E-state index contributed by atoms with van der Waals surface area (Å²) in [6.45, 7) is 0. The first-order chi connectivity index (χ1) is 7.09. The average Bonchev–Trinajstić information content (AvgIpc) is 2.18. The lowest BCUT2D eigenvalue weighted by molar-refractivity contribution is -0.255. The molecule has 0 saturated heterocycles. The highest BCUT2D eigenvalue weighted by Crippen LogP contribution is 2.00. The monoisotopic (exact) mass is 222 g/mol. The largest absolute Gasteiger partial charge is 0.545 e. The number of thiocarbonyl (C=S) groups is 1. The maximum Gasteiger partial charge on any atom is 0.184 e. The highest BCUT2D eigenvalue weighted by Gasteiger charge is 1.92. The minimum absolute atomic E-state index is 0.0672. The Kier molecular flexibility index (Phi) is 3.75. The summed E-state index contributed by atoms with van der Waals surface area (Å²) < 4.78 is 0. The van der Waals surface area contributed by atoms with Crippen LogP contribution in [0.25, 0.3) is 0 Å². The van der Waals surface area contributed by atoms with Crippen molar-refractivity contribution in [1.29, 1.82) is 0 Å². The maximum atomic E-state index is 10.4. The second-order valence-corrected chi connectivity index (χ2v) is 3.08. The van der Waals surface area contributed by atoms with Gasteiger partial charge in [0.25, 0.3) is 0 Å². The number of nitrogens with zero attached hydrogens (tertiary/aromatic N) is 1. The SMILES string of the molecule is NC(=S)N/N=C/c1ccc(C(=O)[O-])cc1. The Morgan fingerprint density at radius 2 is 2.07 bits per heavy atom. The number of carbonyl (C=O) groups is 1. The van der Waals surface area contributed by atoms with E-state index in [1.165, 1.54) is 18.3 Å². The van der Waals surface area contributed by atoms with E-state index in [4.69, 9.17) is 5.73 Å². The number of hydrogen-bond acceptors (Lipinski definition) is 4. The summed E-state index contributed by atoms with van der Waals surface area (Å²) in [5.74, 6) is -1.21. The minimum Gasteiger partial charge on any atom is -0.545 e. The average molecular weight is 222 g/mol. The molecule has 0 radical (unpaired) electrons. The summed E-state index contributed by atoms with van der Waals surface area (Å²) in [6.07, 6.45) is 1.47. The Labute approximate surface area is 91.6 Å². The Morgan fingerprint density at radius 3 is 2.53 bits per heavy atom. The number of nitrogens with one attached hydrogen (secondary N) is 1. The lowest BCUT2D eigenvalue weighted by Gasteiger charge is -2.01. The third kappa shape index (κ3) is 3.74. The smallest absolute Gasteiger partial charge is 0.184 e. The van der Waals surface area contributed by atoms with E-state index in [0.29, 0.717) is 0 Å². The highest BCUT2D eigenvalue weighted by molar-refractivity contribution is 7.80. The van der Waals surface area contributed by atoms with E-state index in [-0.39, 0.29) is 10.7 Å². The van der Waals surface area contributed by atoms with Gasteiger partial charge in [0.1, 0.15) is 0 Å². The first kappa shape index (κ1) is 11.1. The summed E-state index contributed by atoms with van der Waals surface area (Å²) in [5.41, 5.74) is 8.37. The van der Waals surface area contributed by atoms with Crippen molar-refractivity contribution in [2.75, 3.05) is 0 Å². The van der Waals surface area contributed by atoms with Gasteiger partial charge in [-0.1, -0.05) is 24.3 Å². The summed E-state index contributed by atoms with van der Waals surface area (Å²) in [7, 11) is 0. The van der Waals surface area contributed by atoms with Gasteiger partial charge in [0.05, 0.1) is 12.2 Å². The van der Waals surface area contributed by atoms with E-state index in [0.717, 1.165) is 5.56 Å². The normalized spacial score (nSPS) is 10.1. The van der Waals surface area contributed by atoms with Crippen LogP contribution >= 0.6 is 12.2 Å². The molecule has 78 valence electrons. The molecular formula is C9H8N3O2S-. The zero-order valence-electron chi connectivity index (χ0n) is 7.64. The molecule has 0 saturated carbocycles. The number of benzene rings is 1. The topological polar surface area (TPSA) is 90.5 Å². The fraction of sp³-hybridized carbons (Fsp3) is 0. The fourth-order valence-electron chi connectivity index (χ4n) is 0.876. The number of carboxylic acid groups (broad SMARTS) is 1. The number of rotatable bonds is 3. The van der Waals surface area contributed by atoms with E-state index in [2.05, 4.69) is 22.7 Å². The molecule has 0 bridgehead atoms. The summed E-state index contributed by atoms with van der Waals surface area (Å²) >= 11 is 4.53. The summed E-state index contributed by atoms with van der Waals surface area (Å²) in [4.78, 5) is 10.4. The van der Waals surface area contributed by atoms with E-state index in [1.807, 2.05) is 0 Å². The predicted molar refractivity (Wildman–Crippen MR) is 58.3 cm³/mol. The zero-order valence-corrected chi connectivity index (χ0v) is 8.45. The van der Waals surface area contributed by atoms with Gasteiger partial charge in [-0.25, -0.2) is 0 Å². The summed E-state index contributed by atoms with van der Waals surface area (Å²) in [5, 5.41) is 14.2. The number of carbonyl (C=O) groups excluding carboxylic acids is 1. The number of carboxylic acids is 1. The molecule has 3 N–H and O–H groups in total. The van der Waals surface area contributed by atoms with E-state index in [1.54, 1.807) is 12.1 Å². The molecule has 0 aliphatic carbocycles. The van der Waals surface area contributed by atoms with Gasteiger partial charge < -0.3 is 15.6 Å². The second-order valence-electron chi connectivity index (χ2n) is 2.64. The Bertz CT molecular complexity index is 400. The van der Waals surface area contributed by atoms with Crippen LogP contribution in [0.1, 0.15) is 15.9 Å². The van der Waals surface area contributed by atoms with Gasteiger partial charge in [-0.15, -0.1) is 0 Å². The molecular weight excluding hydrogens is 214 g/mol. The lowest BCUT2D eigenvalue weighted by Crippen LogP contribution is -2.24. The molecule has 15 heavy (non-hydrogen) atoms. The molecule has 0 aliphatic rings. The van der Waals surface area contributed by atoms with Crippen LogP contribution in [0.15, 0.2) is 29.4 Å². The Balaban J connectivity index is 2.68. The van der Waals surface area contributed by atoms with E-state index >= 15 is 0 Å². The van der Waals surface area contributed by atoms with Crippen LogP contribution in [0.2, 0.25) is 0 Å². The van der Waals surface area contributed by atoms with Crippen molar-refractivity contribution in [2.45, 2.75) is 0 Å². The van der Waals surface area contributed by atoms with Gasteiger partial charge in [0.15, 0.2) is 5.11 Å². The van der Waals surface area contributed by atoms with Crippen LogP contribution < -0.4 is 16.3 Å². The predicted octanol–water partition coefficient (Wildman–Crippen LogP) is -0.783. The van der Waals surface area contributed by atoms with Gasteiger partial charge in [0.2, 0.25) is 0 Å². The van der Waals surface area contributed by atoms with Crippen molar-refractivity contribution in [2.24, 2.45) is 10.8 Å². The summed E-state index contributed by atoms with van der Waals surface area (Å²) in [6, 6.07) is 6.04. The van der Waals surface area contributed by atoms with Gasteiger partial charge >= 0.3 is 0 Å². The van der Waals surface area contributed by atoms with Crippen molar-refractivity contribution in [3.05, 3.63) is 35.4 Å². The Hall–Kier alpha value is -1.95. The Morgan fingerprint density at radius 1 is 1.47 bits per heavy atom. The van der Waals surface area contributed by atoms with Crippen molar-refractivity contribution < 1.29 is 9.90 Å². The van der Waals surface area contributed by atoms with Gasteiger partial charge in [-0.2, -0.15) is 5.10 Å². The molecule has 0 aliphatic heterocycles. The number of hydrazone groups is 1. The van der Waals surface area contributed by atoms with Crippen LogP contribution in [0.5, 0.6) is 0 Å². The molecule has 0 unspecified atom stereocenters. The highest BCUT2D eigenvalue weighted by atomic mass is 32.1. The first-order valence-electron chi connectivity index (χ1n) is 3.99. The van der Waals surface area contributed by atoms with E-state index < -0.39 is 5.97 Å². The number of aromatic carboxylic acids is 1. The molecule has 0 spiro atoms. The molecule has 0 heterocycles. The van der Waals surface area contributed by atoms with Crippen molar-refractivity contribution in [3.63, 3.8) is 0 Å². The van der Waals surface area contributed by atoms with Gasteiger partial charge in [-0.3, -0.25) is 5.43 Å². The van der Waals surface area contributed by atoms with Crippen LogP contribution in [0.4, 0.5) is 0 Å².